The van der Waals surface area contributed by atoms with Crippen molar-refractivity contribution in [2.45, 2.75) is 284 Å². The van der Waals surface area contributed by atoms with Crippen molar-refractivity contribution in [1.29, 1.82) is 0 Å². The number of hydrogen-bond donors (Lipinski definition) is 0. The van der Waals surface area contributed by atoms with Gasteiger partial charge < -0.3 is 14.2 Å². The third-order valence-corrected chi connectivity index (χ3v) is 11.3. The number of carbonyl (C=O) groups is 2. The van der Waals surface area contributed by atoms with Crippen LogP contribution in [0.2, 0.25) is 0 Å². The molecule has 0 saturated carbocycles. The van der Waals surface area contributed by atoms with Gasteiger partial charge in [-0.2, -0.15) is 0 Å². The van der Waals surface area contributed by atoms with Crippen LogP contribution in [0.15, 0.2) is 12.2 Å². The lowest BCUT2D eigenvalue weighted by molar-refractivity contribution is -0.163. The minimum Gasteiger partial charge on any atom is -0.462 e. The molecule has 332 valence electrons. The van der Waals surface area contributed by atoms with Crippen molar-refractivity contribution in [1.82, 2.24) is 0 Å². The number of rotatable bonds is 47. The van der Waals surface area contributed by atoms with Gasteiger partial charge in [0.05, 0.1) is 6.61 Å². The van der Waals surface area contributed by atoms with E-state index < -0.39 is 6.10 Å². The zero-order chi connectivity index (χ0) is 40.7. The molecule has 1 atom stereocenters. The fourth-order valence-electron chi connectivity index (χ4n) is 7.51. The molecule has 0 aromatic rings. The molecule has 0 amide bonds. The van der Waals surface area contributed by atoms with Gasteiger partial charge in [0.15, 0.2) is 6.10 Å². The van der Waals surface area contributed by atoms with Crippen LogP contribution in [0.1, 0.15) is 278 Å². The Balaban J connectivity index is 3.95. The molecule has 0 bridgehead atoms. The van der Waals surface area contributed by atoms with Crippen LogP contribution in [0.5, 0.6) is 0 Å². The predicted molar refractivity (Wildman–Crippen MR) is 242 cm³/mol. The molecule has 0 heterocycles. The van der Waals surface area contributed by atoms with Gasteiger partial charge in [0, 0.05) is 19.4 Å². The van der Waals surface area contributed by atoms with E-state index in [9.17, 15) is 9.59 Å². The third kappa shape index (κ3) is 45.3. The van der Waals surface area contributed by atoms with Crippen LogP contribution in [-0.2, 0) is 23.8 Å². The lowest BCUT2D eigenvalue weighted by Gasteiger charge is -2.18. The van der Waals surface area contributed by atoms with E-state index in [2.05, 4.69) is 32.9 Å². The largest absolute Gasteiger partial charge is 0.462 e. The quantitative estimate of drug-likeness (QED) is 0.0349. The highest BCUT2D eigenvalue weighted by Crippen LogP contribution is 2.16. The standard InChI is InChI=1S/C51H98O5/c1-4-7-10-13-15-17-19-21-23-24-25-26-27-29-31-33-35-37-40-43-46-54-47-49(56-51(53)45-42-38-12-9-6-3)48-55-50(52)44-41-39-36-34-32-30-28-22-20-18-16-14-11-8-5-2/h21,23,49H,4-20,22,24-48H2,1-3H3/b23-21-. The molecule has 0 saturated heterocycles. The number of carbonyl (C=O) groups excluding carboxylic acids is 2. The maximum atomic E-state index is 12.6. The van der Waals surface area contributed by atoms with E-state index in [0.29, 0.717) is 26.1 Å². The van der Waals surface area contributed by atoms with Gasteiger partial charge in [-0.1, -0.05) is 232 Å². The maximum Gasteiger partial charge on any atom is 0.306 e. The van der Waals surface area contributed by atoms with Crippen LogP contribution in [0, 0.1) is 0 Å². The number of ether oxygens (including phenoxy) is 3. The SMILES string of the molecule is CCCCCCCC/C=C\CCCCCCCCCCCCOCC(COC(=O)CCCCCCCCCCCCCCCCC)OC(=O)CCCCCCC. The monoisotopic (exact) mass is 791 g/mol. The highest BCUT2D eigenvalue weighted by atomic mass is 16.6. The zero-order valence-electron chi connectivity index (χ0n) is 38.2. The Bertz CT molecular complexity index is 810. The van der Waals surface area contributed by atoms with Crippen LogP contribution >= 0.6 is 0 Å². The second-order valence-corrected chi connectivity index (χ2v) is 17.1. The molecule has 56 heavy (non-hydrogen) atoms. The number of hydrogen-bond acceptors (Lipinski definition) is 5. The van der Waals surface area contributed by atoms with Gasteiger partial charge in [-0.05, 0) is 44.9 Å². The normalized spacial score (nSPS) is 12.1. The highest BCUT2D eigenvalue weighted by molar-refractivity contribution is 5.70. The molecule has 0 spiro atoms. The second kappa shape index (κ2) is 48.0. The first-order valence-corrected chi connectivity index (χ1v) is 25.2. The number of unbranched alkanes of at least 4 members (excludes halogenated alkanes) is 34. The molecule has 0 aliphatic heterocycles. The third-order valence-electron chi connectivity index (χ3n) is 11.3. The Kier molecular flexibility index (Phi) is 46.8. The Hall–Kier alpha value is -1.36. The average Bonchev–Trinajstić information content (AvgIpc) is 3.20. The van der Waals surface area contributed by atoms with E-state index in [0.717, 1.165) is 38.5 Å². The topological polar surface area (TPSA) is 61.8 Å². The fraction of sp³-hybridized carbons (Fsp3) is 0.922. The Morgan fingerprint density at radius 3 is 1.09 bits per heavy atom. The number of esters is 2. The van der Waals surface area contributed by atoms with E-state index in [1.165, 1.54) is 205 Å². The van der Waals surface area contributed by atoms with Crippen molar-refractivity contribution in [3.05, 3.63) is 12.2 Å². The van der Waals surface area contributed by atoms with Crippen LogP contribution in [0.3, 0.4) is 0 Å². The summed E-state index contributed by atoms with van der Waals surface area (Å²) in [6.07, 6.45) is 53.9. The van der Waals surface area contributed by atoms with E-state index in [1.54, 1.807) is 0 Å². The van der Waals surface area contributed by atoms with Crippen molar-refractivity contribution < 1.29 is 23.8 Å². The van der Waals surface area contributed by atoms with Crippen molar-refractivity contribution >= 4 is 11.9 Å². The van der Waals surface area contributed by atoms with Crippen molar-refractivity contribution in [2.24, 2.45) is 0 Å². The van der Waals surface area contributed by atoms with Gasteiger partial charge in [0.25, 0.3) is 0 Å². The van der Waals surface area contributed by atoms with E-state index in [1.807, 2.05) is 0 Å². The van der Waals surface area contributed by atoms with E-state index >= 15 is 0 Å². The van der Waals surface area contributed by atoms with Crippen LogP contribution < -0.4 is 0 Å². The lowest BCUT2D eigenvalue weighted by atomic mass is 10.0. The Morgan fingerprint density at radius 1 is 0.375 bits per heavy atom. The van der Waals surface area contributed by atoms with Gasteiger partial charge in [-0.15, -0.1) is 0 Å². The lowest BCUT2D eigenvalue weighted by Crippen LogP contribution is -2.30. The smallest absolute Gasteiger partial charge is 0.306 e. The summed E-state index contributed by atoms with van der Waals surface area (Å²) < 4.78 is 17.3. The molecule has 0 N–H and O–H groups in total. The molecule has 0 aliphatic rings. The molecule has 1 unspecified atom stereocenters. The first-order valence-electron chi connectivity index (χ1n) is 25.2. The summed E-state index contributed by atoms with van der Waals surface area (Å²) in [6.45, 7) is 7.80. The second-order valence-electron chi connectivity index (χ2n) is 17.1. The first-order chi connectivity index (χ1) is 27.6. The molecule has 0 aromatic heterocycles. The van der Waals surface area contributed by atoms with Crippen molar-refractivity contribution in [2.75, 3.05) is 19.8 Å². The molecular formula is C51H98O5. The van der Waals surface area contributed by atoms with Gasteiger partial charge in [0.2, 0.25) is 0 Å². The molecule has 0 aliphatic carbocycles. The summed E-state index contributed by atoms with van der Waals surface area (Å²) in [5.74, 6) is -0.393. The fourth-order valence-corrected chi connectivity index (χ4v) is 7.51. The maximum absolute atomic E-state index is 12.6. The van der Waals surface area contributed by atoms with Gasteiger partial charge in [-0.25, -0.2) is 0 Å². The summed E-state index contributed by atoms with van der Waals surface area (Å²) in [6, 6.07) is 0. The highest BCUT2D eigenvalue weighted by Gasteiger charge is 2.17. The van der Waals surface area contributed by atoms with Gasteiger partial charge in [-0.3, -0.25) is 9.59 Å². The summed E-state index contributed by atoms with van der Waals surface area (Å²) >= 11 is 0. The van der Waals surface area contributed by atoms with Gasteiger partial charge in [0.1, 0.15) is 6.61 Å². The van der Waals surface area contributed by atoms with E-state index in [-0.39, 0.29) is 18.5 Å². The minimum absolute atomic E-state index is 0.0924. The summed E-state index contributed by atoms with van der Waals surface area (Å²) in [5, 5.41) is 0. The molecule has 5 nitrogen and oxygen atoms in total. The van der Waals surface area contributed by atoms with Gasteiger partial charge >= 0.3 is 11.9 Å². The first kappa shape index (κ1) is 54.6. The van der Waals surface area contributed by atoms with Crippen molar-refractivity contribution in [3.8, 4) is 0 Å². The molecule has 0 radical (unpaired) electrons. The van der Waals surface area contributed by atoms with E-state index in [4.69, 9.17) is 14.2 Å². The van der Waals surface area contributed by atoms with Crippen LogP contribution in [-0.4, -0.2) is 37.9 Å². The molecule has 5 heteroatoms. The van der Waals surface area contributed by atoms with Crippen molar-refractivity contribution in [3.63, 3.8) is 0 Å². The average molecular weight is 791 g/mol. The number of allylic oxidation sites excluding steroid dienone is 2. The zero-order valence-corrected chi connectivity index (χ0v) is 38.2. The van der Waals surface area contributed by atoms with Crippen LogP contribution in [0.4, 0.5) is 0 Å². The summed E-state index contributed by atoms with van der Waals surface area (Å²) in [5.41, 5.74) is 0. The predicted octanol–water partition coefficient (Wildman–Crippen LogP) is 16.7. The van der Waals surface area contributed by atoms with Crippen LogP contribution in [0.25, 0.3) is 0 Å². The minimum atomic E-state index is -0.524. The molecular weight excluding hydrogens is 693 g/mol. The Labute approximate surface area is 350 Å². The molecule has 0 aromatic carbocycles. The Morgan fingerprint density at radius 2 is 0.696 bits per heavy atom. The molecule has 0 rings (SSSR count). The summed E-state index contributed by atoms with van der Waals surface area (Å²) in [7, 11) is 0. The summed E-state index contributed by atoms with van der Waals surface area (Å²) in [4.78, 5) is 25.1. The molecule has 0 fully saturated rings.